The number of nitrogens with one attached hydrogen (secondary N) is 2. The van der Waals surface area contributed by atoms with Crippen molar-refractivity contribution in [2.24, 2.45) is 0 Å². The minimum Gasteiger partial charge on any atom is -0.397 e. The summed E-state index contributed by atoms with van der Waals surface area (Å²) in [4.78, 5) is 12.0. The average molecular weight is 389 g/mol. The van der Waals surface area contributed by atoms with Gasteiger partial charge < -0.3 is 16.4 Å². The summed E-state index contributed by atoms with van der Waals surface area (Å²) in [5, 5.41) is 6.14. The van der Waals surface area contributed by atoms with Gasteiger partial charge in [0.25, 0.3) is 0 Å². The topological polar surface area (TPSA) is 67.1 Å². The van der Waals surface area contributed by atoms with Gasteiger partial charge >= 0.3 is 6.03 Å². The molecule has 0 saturated heterocycles. The smallest absolute Gasteiger partial charge is 0.323 e. The molecular formula is C14H12BrCl2N3O. The Bertz CT molecular complexity index is 684. The molecule has 4 N–H and O–H groups in total. The molecule has 2 amide bonds. The van der Waals surface area contributed by atoms with Crippen molar-refractivity contribution in [1.82, 2.24) is 0 Å². The molecule has 4 nitrogen and oxygen atoms in total. The Kier molecular flexibility index (Phi) is 4.98. The fourth-order valence-corrected chi connectivity index (χ4v) is 2.74. The molecule has 0 unspecified atom stereocenters. The summed E-state index contributed by atoms with van der Waals surface area (Å²) in [6, 6.07) is 8.04. The van der Waals surface area contributed by atoms with E-state index in [4.69, 9.17) is 28.9 Å². The highest BCUT2D eigenvalue weighted by Gasteiger charge is 2.10. The fraction of sp³-hybridized carbons (Fsp3) is 0.0714. The normalized spacial score (nSPS) is 10.3. The maximum atomic E-state index is 12.0. The molecule has 2 aromatic carbocycles. The summed E-state index contributed by atoms with van der Waals surface area (Å²) < 4.78 is 0.712. The highest BCUT2D eigenvalue weighted by atomic mass is 79.9. The molecule has 21 heavy (non-hydrogen) atoms. The van der Waals surface area contributed by atoms with Crippen LogP contribution in [0.5, 0.6) is 0 Å². The van der Waals surface area contributed by atoms with Crippen LogP contribution in [0.2, 0.25) is 10.0 Å². The molecule has 0 spiro atoms. The summed E-state index contributed by atoms with van der Waals surface area (Å²) in [6.07, 6.45) is 0. The third kappa shape index (κ3) is 4.03. The standard InChI is InChI=1S/C14H12BrCl2N3O/c1-7-4-9(15)13(12(18)5-7)20-14(21)19-8-2-3-10(16)11(17)6-8/h2-6H,18H2,1H3,(H2,19,20,21). The van der Waals surface area contributed by atoms with Gasteiger partial charge in [-0.2, -0.15) is 0 Å². The van der Waals surface area contributed by atoms with Gasteiger partial charge in [-0.1, -0.05) is 23.2 Å². The zero-order valence-electron chi connectivity index (χ0n) is 11.0. The predicted molar refractivity (Wildman–Crippen MR) is 92.4 cm³/mol. The maximum absolute atomic E-state index is 12.0. The van der Waals surface area contributed by atoms with Crippen LogP contribution in [0.3, 0.4) is 0 Å². The summed E-state index contributed by atoms with van der Waals surface area (Å²) in [5.74, 6) is 0. The van der Waals surface area contributed by atoms with E-state index in [-0.39, 0.29) is 0 Å². The minimum atomic E-state index is -0.426. The van der Waals surface area contributed by atoms with Crippen LogP contribution < -0.4 is 16.4 Å². The minimum absolute atomic E-state index is 0.366. The van der Waals surface area contributed by atoms with Gasteiger partial charge in [-0.25, -0.2) is 4.79 Å². The Labute approximate surface area is 140 Å². The Morgan fingerprint density at radius 2 is 1.86 bits per heavy atom. The highest BCUT2D eigenvalue weighted by molar-refractivity contribution is 9.10. The molecule has 110 valence electrons. The van der Waals surface area contributed by atoms with Crippen LogP contribution in [0.1, 0.15) is 5.56 Å². The summed E-state index contributed by atoms with van der Waals surface area (Å²) in [6.45, 7) is 1.92. The molecule has 0 aliphatic heterocycles. The molecule has 2 aromatic rings. The number of halogens is 3. The fourth-order valence-electron chi connectivity index (χ4n) is 1.75. The Morgan fingerprint density at radius 1 is 1.14 bits per heavy atom. The first kappa shape index (κ1) is 15.9. The van der Waals surface area contributed by atoms with Gasteiger partial charge in [0.1, 0.15) is 0 Å². The van der Waals surface area contributed by atoms with Crippen LogP contribution >= 0.6 is 39.1 Å². The lowest BCUT2D eigenvalue weighted by atomic mass is 10.2. The van der Waals surface area contributed by atoms with Crippen LogP contribution in [0.4, 0.5) is 21.9 Å². The van der Waals surface area contributed by atoms with E-state index in [0.29, 0.717) is 31.6 Å². The molecule has 0 atom stereocenters. The van der Waals surface area contributed by atoms with Crippen LogP contribution in [-0.2, 0) is 0 Å². The molecule has 0 heterocycles. The second-order valence-electron chi connectivity index (χ2n) is 4.42. The van der Waals surface area contributed by atoms with E-state index >= 15 is 0 Å². The van der Waals surface area contributed by atoms with Crippen molar-refractivity contribution >= 4 is 62.2 Å². The van der Waals surface area contributed by atoms with Crippen LogP contribution in [-0.4, -0.2) is 6.03 Å². The number of nitrogen functional groups attached to an aromatic ring is 1. The van der Waals surface area contributed by atoms with E-state index in [1.54, 1.807) is 24.3 Å². The predicted octanol–water partition coefficient (Wildman–Crippen LogP) is 5.29. The van der Waals surface area contributed by atoms with Gasteiger partial charge in [-0.15, -0.1) is 0 Å². The molecule has 0 aliphatic carbocycles. The van der Waals surface area contributed by atoms with Crippen molar-refractivity contribution in [3.63, 3.8) is 0 Å². The van der Waals surface area contributed by atoms with Gasteiger partial charge in [0.05, 0.1) is 21.4 Å². The van der Waals surface area contributed by atoms with E-state index in [9.17, 15) is 4.79 Å². The molecule has 0 aromatic heterocycles. The molecule has 0 fully saturated rings. The number of nitrogens with two attached hydrogens (primary N) is 1. The van der Waals surface area contributed by atoms with Crippen molar-refractivity contribution in [3.05, 3.63) is 50.4 Å². The summed E-state index contributed by atoms with van der Waals surface area (Å²) in [5.41, 5.74) is 8.41. The Hall–Kier alpha value is -1.43. The summed E-state index contributed by atoms with van der Waals surface area (Å²) >= 11 is 15.1. The van der Waals surface area contributed by atoms with E-state index in [0.717, 1.165) is 5.56 Å². The van der Waals surface area contributed by atoms with Gasteiger partial charge in [0, 0.05) is 10.2 Å². The van der Waals surface area contributed by atoms with E-state index < -0.39 is 6.03 Å². The number of amides is 2. The first-order chi connectivity index (χ1) is 9.86. The SMILES string of the molecule is Cc1cc(N)c(NC(=O)Nc2ccc(Cl)c(Cl)c2)c(Br)c1. The largest absolute Gasteiger partial charge is 0.397 e. The average Bonchev–Trinajstić information content (AvgIpc) is 2.38. The van der Waals surface area contributed by atoms with Gasteiger partial charge in [0.2, 0.25) is 0 Å². The first-order valence-corrected chi connectivity index (χ1v) is 7.50. The lowest BCUT2D eigenvalue weighted by Crippen LogP contribution is -2.20. The lowest BCUT2D eigenvalue weighted by Gasteiger charge is -2.12. The van der Waals surface area contributed by atoms with Gasteiger partial charge in [-0.05, 0) is 58.7 Å². The van der Waals surface area contributed by atoms with Crippen molar-refractivity contribution in [2.45, 2.75) is 6.92 Å². The van der Waals surface area contributed by atoms with Crippen LogP contribution in [0.25, 0.3) is 0 Å². The van der Waals surface area contributed by atoms with Crippen LogP contribution in [0, 0.1) is 6.92 Å². The first-order valence-electron chi connectivity index (χ1n) is 5.95. The Morgan fingerprint density at radius 3 is 2.48 bits per heavy atom. The number of hydrogen-bond acceptors (Lipinski definition) is 2. The number of anilines is 3. The molecule has 7 heteroatoms. The van der Waals surface area contributed by atoms with Crippen molar-refractivity contribution in [1.29, 1.82) is 0 Å². The van der Waals surface area contributed by atoms with Crippen molar-refractivity contribution in [3.8, 4) is 0 Å². The molecule has 0 radical (unpaired) electrons. The van der Waals surface area contributed by atoms with Crippen molar-refractivity contribution < 1.29 is 4.79 Å². The van der Waals surface area contributed by atoms with Gasteiger partial charge in [0.15, 0.2) is 0 Å². The number of carbonyl (C=O) groups is 1. The number of aryl methyl sites for hydroxylation is 1. The zero-order valence-corrected chi connectivity index (χ0v) is 14.1. The number of benzene rings is 2. The quantitative estimate of drug-likeness (QED) is 0.611. The third-order valence-corrected chi connectivity index (χ3v) is 4.05. The number of hydrogen-bond donors (Lipinski definition) is 3. The molecular weight excluding hydrogens is 377 g/mol. The number of rotatable bonds is 2. The molecule has 0 saturated carbocycles. The van der Waals surface area contributed by atoms with Crippen LogP contribution in [0.15, 0.2) is 34.8 Å². The maximum Gasteiger partial charge on any atom is 0.323 e. The molecule has 0 aliphatic rings. The van der Waals surface area contributed by atoms with E-state index in [1.807, 2.05) is 13.0 Å². The Balaban J connectivity index is 2.13. The monoisotopic (exact) mass is 387 g/mol. The summed E-state index contributed by atoms with van der Waals surface area (Å²) in [7, 11) is 0. The van der Waals surface area contributed by atoms with E-state index in [2.05, 4.69) is 26.6 Å². The number of carbonyl (C=O) groups excluding carboxylic acids is 1. The molecule has 0 bridgehead atoms. The lowest BCUT2D eigenvalue weighted by molar-refractivity contribution is 0.262. The molecule has 2 rings (SSSR count). The third-order valence-electron chi connectivity index (χ3n) is 2.68. The highest BCUT2D eigenvalue weighted by Crippen LogP contribution is 2.30. The zero-order chi connectivity index (χ0) is 15.6. The second kappa shape index (κ2) is 6.56. The van der Waals surface area contributed by atoms with Crippen molar-refractivity contribution in [2.75, 3.05) is 16.4 Å². The van der Waals surface area contributed by atoms with E-state index in [1.165, 1.54) is 0 Å². The number of urea groups is 1. The van der Waals surface area contributed by atoms with Gasteiger partial charge in [-0.3, -0.25) is 0 Å². The second-order valence-corrected chi connectivity index (χ2v) is 6.09.